The molecule has 0 saturated carbocycles. The number of carbonyl (C=O) groups excluding carboxylic acids is 2. The molecule has 3 aromatic heterocycles. The lowest BCUT2D eigenvalue weighted by Gasteiger charge is -2.42. The highest BCUT2D eigenvalue weighted by Crippen LogP contribution is 2.42. The summed E-state index contributed by atoms with van der Waals surface area (Å²) in [4.78, 5) is 46.7. The first-order valence-electron chi connectivity index (χ1n) is 20.9. The fourth-order valence-electron chi connectivity index (χ4n) is 10.1. The Kier molecular flexibility index (Phi) is 9.68. The molecular formula is C43H46F3N9O5. The van der Waals surface area contributed by atoms with Crippen LogP contribution < -0.4 is 19.7 Å². The lowest BCUT2D eigenvalue weighted by molar-refractivity contribution is 0.107. The number of aryl methyl sites for hydroxylation is 2. The summed E-state index contributed by atoms with van der Waals surface area (Å²) in [6.07, 6.45) is 5.44. The molecule has 3 fully saturated rings. The van der Waals surface area contributed by atoms with Crippen LogP contribution in [0.15, 0.2) is 42.7 Å². The van der Waals surface area contributed by atoms with Gasteiger partial charge in [-0.3, -0.25) is 14.6 Å². The van der Waals surface area contributed by atoms with Crippen LogP contribution in [0.1, 0.15) is 63.1 Å². The van der Waals surface area contributed by atoms with Gasteiger partial charge in [0.15, 0.2) is 5.82 Å². The number of amides is 2. The number of alkyl halides is 1. The quantitative estimate of drug-likeness (QED) is 0.207. The molecule has 2 aromatic carbocycles. The van der Waals surface area contributed by atoms with Crippen molar-refractivity contribution in [3.05, 3.63) is 65.6 Å². The average molecular weight is 826 g/mol. The van der Waals surface area contributed by atoms with Gasteiger partial charge in [0.1, 0.15) is 41.4 Å². The lowest BCUT2D eigenvalue weighted by atomic mass is 9.90. The van der Waals surface area contributed by atoms with Crippen molar-refractivity contribution < 1.29 is 37.0 Å². The summed E-state index contributed by atoms with van der Waals surface area (Å²) in [5.41, 5.74) is -0.257. The fraction of sp³-hybridized carbons (Fsp3) is 0.488. The van der Waals surface area contributed by atoms with Gasteiger partial charge >= 0.3 is 18.2 Å². The molecule has 0 radical (unpaired) electrons. The van der Waals surface area contributed by atoms with E-state index in [4.69, 9.17) is 19.2 Å². The van der Waals surface area contributed by atoms with E-state index >= 15 is 13.2 Å². The number of carbonyl (C=O) groups is 2. The predicted octanol–water partition coefficient (Wildman–Crippen LogP) is 6.71. The molecular weight excluding hydrogens is 780 g/mol. The second-order valence-electron chi connectivity index (χ2n) is 17.1. The van der Waals surface area contributed by atoms with Crippen LogP contribution in [-0.2, 0) is 24.2 Å². The minimum atomic E-state index is -1.38. The maximum absolute atomic E-state index is 17.6. The van der Waals surface area contributed by atoms with Gasteiger partial charge in [0.25, 0.3) is 0 Å². The van der Waals surface area contributed by atoms with Crippen molar-refractivity contribution in [2.75, 3.05) is 50.8 Å². The van der Waals surface area contributed by atoms with Gasteiger partial charge in [0.2, 0.25) is 0 Å². The Labute approximate surface area is 344 Å². The number of piperidine rings is 1. The minimum Gasteiger partial charge on any atom is -0.461 e. The summed E-state index contributed by atoms with van der Waals surface area (Å²) >= 11 is 0. The summed E-state index contributed by atoms with van der Waals surface area (Å²) < 4.78 is 69.2. The SMILES string of the molecule is CC12CC(F)CN(C1)c1nc(OCC34CCCN3CCC4)nc3c(F)c(ncc13)-c1cc(OC(=O)N3CCCn4nccc4C3)cc3ccc(F)c(c13)CCCOC(=O)N2. The Morgan fingerprint density at radius 1 is 1.05 bits per heavy atom. The third-order valence-electron chi connectivity index (χ3n) is 12.9. The molecule has 6 aliphatic heterocycles. The number of hydrogen-bond donors (Lipinski definition) is 1. The molecule has 6 aliphatic rings. The van der Waals surface area contributed by atoms with E-state index in [0.29, 0.717) is 43.4 Å². The first-order valence-corrected chi connectivity index (χ1v) is 20.9. The second kappa shape index (κ2) is 15.1. The zero-order valence-electron chi connectivity index (χ0n) is 33.4. The van der Waals surface area contributed by atoms with Gasteiger partial charge in [0, 0.05) is 44.0 Å². The molecule has 11 rings (SSSR count). The molecule has 17 heteroatoms. The lowest BCUT2D eigenvalue weighted by Crippen LogP contribution is -2.60. The number of halogens is 3. The third-order valence-corrected chi connectivity index (χ3v) is 12.9. The first kappa shape index (κ1) is 38.5. The summed E-state index contributed by atoms with van der Waals surface area (Å²) in [5, 5.41) is 8.22. The molecule has 5 aromatic rings. The van der Waals surface area contributed by atoms with E-state index in [1.807, 2.05) is 10.7 Å². The van der Waals surface area contributed by atoms with E-state index in [0.717, 1.165) is 44.5 Å². The molecule has 1 N–H and O–H groups in total. The molecule has 2 amide bonds. The van der Waals surface area contributed by atoms with E-state index in [1.165, 1.54) is 18.3 Å². The van der Waals surface area contributed by atoms with Crippen LogP contribution in [0.4, 0.5) is 28.6 Å². The number of aromatic nitrogens is 5. The highest BCUT2D eigenvalue weighted by molar-refractivity contribution is 6.02. The van der Waals surface area contributed by atoms with Crippen molar-refractivity contribution in [1.82, 2.24) is 39.8 Å². The van der Waals surface area contributed by atoms with E-state index in [9.17, 15) is 9.59 Å². The molecule has 9 heterocycles. The van der Waals surface area contributed by atoms with Crippen LogP contribution in [0.2, 0.25) is 0 Å². The van der Waals surface area contributed by atoms with Crippen LogP contribution in [0, 0.1) is 11.6 Å². The number of pyridine rings is 1. The number of hydrogen-bond acceptors (Lipinski definition) is 11. The number of anilines is 1. The van der Waals surface area contributed by atoms with E-state index in [2.05, 4.69) is 25.3 Å². The third kappa shape index (κ3) is 6.99. The van der Waals surface area contributed by atoms with Gasteiger partial charge in [-0.15, -0.1) is 0 Å². The molecule has 0 aliphatic carbocycles. The molecule has 0 spiro atoms. The van der Waals surface area contributed by atoms with Crippen molar-refractivity contribution in [3.8, 4) is 23.0 Å². The number of alkyl carbamates (subject to hydrolysis) is 1. The molecule has 60 heavy (non-hydrogen) atoms. The zero-order valence-corrected chi connectivity index (χ0v) is 33.4. The zero-order chi connectivity index (χ0) is 41.2. The largest absolute Gasteiger partial charge is 0.461 e. The number of nitrogens with one attached hydrogen (secondary N) is 1. The van der Waals surface area contributed by atoms with Gasteiger partial charge in [-0.2, -0.15) is 15.1 Å². The van der Waals surface area contributed by atoms with E-state index in [-0.39, 0.29) is 89.8 Å². The van der Waals surface area contributed by atoms with E-state index in [1.54, 1.807) is 35.1 Å². The Morgan fingerprint density at radius 2 is 1.90 bits per heavy atom. The van der Waals surface area contributed by atoms with Crippen molar-refractivity contribution in [1.29, 1.82) is 0 Å². The summed E-state index contributed by atoms with van der Waals surface area (Å²) in [5.74, 6) is -1.07. The van der Waals surface area contributed by atoms with Crippen LogP contribution in [0.3, 0.4) is 0 Å². The number of fused-ring (bicyclic) bond motifs is 8. The number of rotatable bonds is 4. The van der Waals surface area contributed by atoms with E-state index < -0.39 is 35.5 Å². The number of nitrogens with zero attached hydrogens (tertiary/aromatic N) is 8. The summed E-state index contributed by atoms with van der Waals surface area (Å²) in [6.45, 7) is 5.34. The van der Waals surface area contributed by atoms with Crippen molar-refractivity contribution in [2.24, 2.45) is 0 Å². The van der Waals surface area contributed by atoms with Crippen molar-refractivity contribution in [3.63, 3.8) is 0 Å². The van der Waals surface area contributed by atoms with Gasteiger partial charge < -0.3 is 29.3 Å². The highest BCUT2D eigenvalue weighted by Gasteiger charge is 2.45. The monoisotopic (exact) mass is 825 g/mol. The van der Waals surface area contributed by atoms with Gasteiger partial charge in [-0.25, -0.2) is 22.8 Å². The Balaban J connectivity index is 1.12. The number of ether oxygens (including phenoxy) is 3. The van der Waals surface area contributed by atoms with Crippen LogP contribution in [-0.4, -0.2) is 110 Å². The fourth-order valence-corrected chi connectivity index (χ4v) is 10.1. The minimum absolute atomic E-state index is 0.0119. The molecule has 14 nitrogen and oxygen atoms in total. The second-order valence-corrected chi connectivity index (χ2v) is 17.1. The number of benzene rings is 2. The van der Waals surface area contributed by atoms with Crippen molar-refractivity contribution >= 4 is 39.7 Å². The Hall–Kier alpha value is -5.71. The maximum atomic E-state index is 17.6. The molecule has 2 unspecified atom stereocenters. The molecule has 2 atom stereocenters. The standard InChI is InChI=1S/C43H46F3N9O5/c1-42-20-27(44)22-53(24-42)38-32-21-47-36(35(46)37(32)49-39(50-38)59-25-43-10-3-14-54(43)15-4-11-43)31-19-29(60-41(57)52-13-5-16-55-28(23-52)9-12-48-55)18-26-7-8-33(45)30(34(26)31)6-2-17-58-40(56)51-42/h7-9,12,18-19,21,27H,2-6,10-11,13-17,20,22-25H2,1H3,(H,51,56). The van der Waals surface area contributed by atoms with Crippen LogP contribution in [0.5, 0.6) is 11.8 Å². The molecule has 6 bridgehead atoms. The summed E-state index contributed by atoms with van der Waals surface area (Å²) in [7, 11) is 0. The van der Waals surface area contributed by atoms with Gasteiger partial charge in [-0.05, 0) is 106 Å². The average Bonchev–Trinajstić information content (AvgIpc) is 3.91. The van der Waals surface area contributed by atoms with Gasteiger partial charge in [0.05, 0.1) is 41.9 Å². The predicted molar refractivity (Wildman–Crippen MR) is 215 cm³/mol. The molecule has 3 saturated heterocycles. The molecule has 314 valence electrons. The van der Waals surface area contributed by atoms with Crippen LogP contribution in [0.25, 0.3) is 32.9 Å². The smallest absolute Gasteiger partial charge is 0.415 e. The van der Waals surface area contributed by atoms with Crippen molar-refractivity contribution in [2.45, 2.75) is 88.6 Å². The Bertz CT molecular complexity index is 2510. The highest BCUT2D eigenvalue weighted by atomic mass is 19.1. The summed E-state index contributed by atoms with van der Waals surface area (Å²) in [6, 6.07) is 7.76. The topological polar surface area (TPSA) is 140 Å². The normalized spacial score (nSPS) is 22.9. The van der Waals surface area contributed by atoms with Crippen LogP contribution >= 0.6 is 0 Å². The maximum Gasteiger partial charge on any atom is 0.415 e. The first-order chi connectivity index (χ1) is 29.0. The van der Waals surface area contributed by atoms with Gasteiger partial charge in [-0.1, -0.05) is 6.07 Å². The Morgan fingerprint density at radius 3 is 2.75 bits per heavy atom.